The fraction of sp³-hybridized carbons (Fsp3) is 0.333. The summed E-state index contributed by atoms with van der Waals surface area (Å²) in [6.07, 6.45) is -3.44. The number of aliphatic hydroxyl groups is 2. The zero-order chi connectivity index (χ0) is 14.6. The van der Waals surface area contributed by atoms with E-state index in [1.165, 1.54) is 12.1 Å². The summed E-state index contributed by atoms with van der Waals surface area (Å²) in [5.74, 6) is -2.00. The first kappa shape index (κ1) is 15.4. The molecule has 0 spiro atoms. The van der Waals surface area contributed by atoms with Gasteiger partial charge >= 0.3 is 11.9 Å². The summed E-state index contributed by atoms with van der Waals surface area (Å²) in [7, 11) is 1.15. The Kier molecular flexibility index (Phi) is 5.29. The van der Waals surface area contributed by atoms with Gasteiger partial charge in [0.15, 0.2) is 0 Å². The third-order valence-corrected chi connectivity index (χ3v) is 2.77. The number of benzene rings is 1. The lowest BCUT2D eigenvalue weighted by atomic mass is 9.97. The minimum Gasteiger partial charge on any atom is -0.478 e. The Bertz CT molecular complexity index is 487. The Morgan fingerprint density at radius 1 is 1.37 bits per heavy atom. The summed E-state index contributed by atoms with van der Waals surface area (Å²) in [6.45, 7) is 0. The van der Waals surface area contributed by atoms with Gasteiger partial charge in [0.1, 0.15) is 6.10 Å². The molecule has 2 unspecified atom stereocenters. The van der Waals surface area contributed by atoms with Crippen molar-refractivity contribution < 1.29 is 29.6 Å². The van der Waals surface area contributed by atoms with E-state index in [9.17, 15) is 19.8 Å². The van der Waals surface area contributed by atoms with Crippen LogP contribution in [0, 0.1) is 0 Å². The number of carbonyl (C=O) groups is 2. The topological polar surface area (TPSA) is 104 Å². The van der Waals surface area contributed by atoms with Crippen LogP contribution in [0.25, 0.3) is 0 Å². The van der Waals surface area contributed by atoms with Crippen molar-refractivity contribution >= 4 is 23.5 Å². The van der Waals surface area contributed by atoms with E-state index in [1.807, 2.05) is 0 Å². The molecule has 0 saturated heterocycles. The SMILES string of the molecule is COC(=O)CC(O)C(O)c1ccc(Cl)cc1C(=O)O. The van der Waals surface area contributed by atoms with E-state index in [0.29, 0.717) is 0 Å². The number of rotatable bonds is 5. The number of esters is 1. The quantitative estimate of drug-likeness (QED) is 0.698. The van der Waals surface area contributed by atoms with Gasteiger partial charge in [-0.1, -0.05) is 17.7 Å². The van der Waals surface area contributed by atoms with Crippen molar-refractivity contribution in [1.82, 2.24) is 0 Å². The van der Waals surface area contributed by atoms with Crippen LogP contribution in [0.3, 0.4) is 0 Å². The molecule has 6 nitrogen and oxygen atoms in total. The minimum atomic E-state index is -1.53. The van der Waals surface area contributed by atoms with Crippen LogP contribution in [0.4, 0.5) is 0 Å². The van der Waals surface area contributed by atoms with Gasteiger partial charge in [-0.2, -0.15) is 0 Å². The number of methoxy groups -OCH3 is 1. The third-order valence-electron chi connectivity index (χ3n) is 2.53. The van der Waals surface area contributed by atoms with E-state index in [-0.39, 0.29) is 16.1 Å². The second-order valence-corrected chi connectivity index (χ2v) is 4.27. The highest BCUT2D eigenvalue weighted by Crippen LogP contribution is 2.25. The summed E-state index contributed by atoms with van der Waals surface area (Å²) < 4.78 is 4.36. The number of hydrogen-bond acceptors (Lipinski definition) is 5. The highest BCUT2D eigenvalue weighted by molar-refractivity contribution is 6.31. The smallest absolute Gasteiger partial charge is 0.336 e. The van der Waals surface area contributed by atoms with Crippen molar-refractivity contribution in [3.63, 3.8) is 0 Å². The molecule has 0 aliphatic carbocycles. The second kappa shape index (κ2) is 6.51. The van der Waals surface area contributed by atoms with Crippen LogP contribution < -0.4 is 0 Å². The van der Waals surface area contributed by atoms with Gasteiger partial charge in [0.2, 0.25) is 0 Å². The van der Waals surface area contributed by atoms with Crippen molar-refractivity contribution in [1.29, 1.82) is 0 Å². The first-order valence-electron chi connectivity index (χ1n) is 5.32. The molecule has 0 bridgehead atoms. The molecule has 0 aliphatic rings. The molecule has 1 rings (SSSR count). The van der Waals surface area contributed by atoms with Crippen molar-refractivity contribution in [3.05, 3.63) is 34.3 Å². The molecule has 0 amide bonds. The Balaban J connectivity index is 3.01. The Hall–Kier alpha value is -1.63. The maximum absolute atomic E-state index is 11.0. The van der Waals surface area contributed by atoms with E-state index in [1.54, 1.807) is 0 Å². The van der Waals surface area contributed by atoms with E-state index in [4.69, 9.17) is 16.7 Å². The lowest BCUT2D eigenvalue weighted by Crippen LogP contribution is -2.24. The summed E-state index contributed by atoms with van der Waals surface area (Å²) in [4.78, 5) is 22.0. The van der Waals surface area contributed by atoms with Crippen LogP contribution in [-0.2, 0) is 9.53 Å². The fourth-order valence-corrected chi connectivity index (χ4v) is 1.72. The fourth-order valence-electron chi connectivity index (χ4n) is 1.54. The number of carboxylic acids is 1. The second-order valence-electron chi connectivity index (χ2n) is 3.83. The zero-order valence-corrected chi connectivity index (χ0v) is 10.8. The van der Waals surface area contributed by atoms with Crippen molar-refractivity contribution in [2.75, 3.05) is 7.11 Å². The van der Waals surface area contributed by atoms with Crippen LogP contribution in [-0.4, -0.2) is 40.5 Å². The van der Waals surface area contributed by atoms with Crippen LogP contribution in [0.1, 0.15) is 28.4 Å². The van der Waals surface area contributed by atoms with Gasteiger partial charge in [-0.05, 0) is 17.7 Å². The number of carbonyl (C=O) groups excluding carboxylic acids is 1. The molecule has 2 atom stereocenters. The molecule has 19 heavy (non-hydrogen) atoms. The molecule has 0 aliphatic heterocycles. The normalized spacial score (nSPS) is 13.7. The molecule has 1 aromatic rings. The van der Waals surface area contributed by atoms with E-state index in [2.05, 4.69) is 4.74 Å². The van der Waals surface area contributed by atoms with Crippen molar-refractivity contribution in [2.24, 2.45) is 0 Å². The predicted molar refractivity (Wildman–Crippen MR) is 66.0 cm³/mol. The summed E-state index contributed by atoms with van der Waals surface area (Å²) in [5.41, 5.74) is -0.253. The van der Waals surface area contributed by atoms with E-state index >= 15 is 0 Å². The summed E-state index contributed by atoms with van der Waals surface area (Å²) in [6, 6.07) is 3.83. The highest BCUT2D eigenvalue weighted by atomic mass is 35.5. The standard InChI is InChI=1S/C12H13ClO6/c1-19-10(15)5-9(14)11(16)7-3-2-6(13)4-8(7)12(17)18/h2-4,9,11,14,16H,5H2,1H3,(H,17,18). The third kappa shape index (κ3) is 3.92. The highest BCUT2D eigenvalue weighted by Gasteiger charge is 2.26. The van der Waals surface area contributed by atoms with Crippen molar-refractivity contribution in [3.8, 4) is 0 Å². The Morgan fingerprint density at radius 3 is 2.53 bits per heavy atom. The monoisotopic (exact) mass is 288 g/mol. The maximum Gasteiger partial charge on any atom is 0.336 e. The largest absolute Gasteiger partial charge is 0.478 e. The summed E-state index contributed by atoms with van der Waals surface area (Å²) in [5, 5.41) is 28.8. The number of halogens is 1. The molecule has 0 saturated carbocycles. The van der Waals surface area contributed by atoms with Gasteiger partial charge in [-0.15, -0.1) is 0 Å². The van der Waals surface area contributed by atoms with Crippen molar-refractivity contribution in [2.45, 2.75) is 18.6 Å². The number of aliphatic hydroxyl groups excluding tert-OH is 2. The van der Waals surface area contributed by atoms with Crippen LogP contribution in [0.5, 0.6) is 0 Å². The first-order valence-corrected chi connectivity index (χ1v) is 5.70. The first-order chi connectivity index (χ1) is 8.86. The van der Waals surface area contributed by atoms with E-state index in [0.717, 1.165) is 13.2 Å². The number of hydrogen-bond donors (Lipinski definition) is 3. The molecule has 0 fully saturated rings. The molecule has 104 valence electrons. The molecule has 3 N–H and O–H groups in total. The Labute approximate surface area is 114 Å². The van der Waals surface area contributed by atoms with Gasteiger partial charge < -0.3 is 20.1 Å². The minimum absolute atomic E-state index is 0.0201. The van der Waals surface area contributed by atoms with Crippen LogP contribution >= 0.6 is 11.6 Å². The molecule has 0 aromatic heterocycles. The molecular weight excluding hydrogens is 276 g/mol. The number of ether oxygens (including phenoxy) is 1. The molecule has 1 aromatic carbocycles. The number of aromatic carboxylic acids is 1. The molecule has 0 heterocycles. The average molecular weight is 289 g/mol. The maximum atomic E-state index is 11.0. The zero-order valence-electron chi connectivity index (χ0n) is 10.0. The van der Waals surface area contributed by atoms with Gasteiger partial charge in [0, 0.05) is 5.02 Å². The van der Waals surface area contributed by atoms with Gasteiger partial charge in [-0.25, -0.2) is 4.79 Å². The molecular formula is C12H13ClO6. The number of carboxylic acid groups (broad SMARTS) is 1. The van der Waals surface area contributed by atoms with Crippen LogP contribution in [0.2, 0.25) is 5.02 Å². The van der Waals surface area contributed by atoms with Crippen LogP contribution in [0.15, 0.2) is 18.2 Å². The predicted octanol–water partition coefficient (Wildman–Crippen LogP) is 0.996. The van der Waals surface area contributed by atoms with Gasteiger partial charge in [0.25, 0.3) is 0 Å². The van der Waals surface area contributed by atoms with Gasteiger partial charge in [0.05, 0.1) is 25.2 Å². The average Bonchev–Trinajstić information content (AvgIpc) is 2.37. The molecule has 0 radical (unpaired) electrons. The van der Waals surface area contributed by atoms with E-state index < -0.39 is 30.6 Å². The lowest BCUT2D eigenvalue weighted by Gasteiger charge is -2.19. The summed E-state index contributed by atoms with van der Waals surface area (Å²) >= 11 is 5.67. The Morgan fingerprint density at radius 2 is 2.00 bits per heavy atom. The van der Waals surface area contributed by atoms with Gasteiger partial charge in [-0.3, -0.25) is 4.79 Å². The lowest BCUT2D eigenvalue weighted by molar-refractivity contribution is -0.144. The molecule has 7 heteroatoms.